The van der Waals surface area contributed by atoms with Crippen molar-refractivity contribution in [2.45, 2.75) is 77.4 Å². The van der Waals surface area contributed by atoms with E-state index < -0.39 is 0 Å². The molecule has 1 aromatic rings. The molecule has 116 valence electrons. The predicted molar refractivity (Wildman–Crippen MR) is 88.7 cm³/mol. The van der Waals surface area contributed by atoms with Gasteiger partial charge in [0.15, 0.2) is 0 Å². The van der Waals surface area contributed by atoms with E-state index in [4.69, 9.17) is 4.98 Å². The molecule has 0 bridgehead atoms. The average molecular weight is 287 g/mol. The van der Waals surface area contributed by atoms with Crippen LogP contribution in [-0.4, -0.2) is 23.6 Å². The molecule has 1 aliphatic carbocycles. The standard InChI is InChI=1S/C18H29N3/c1-3-6-17-7-4-5-10-21(17)18-14(2)11-15(13-20-18)12-19-16-8-9-16/h11,13,16-17,19H,3-10,12H2,1-2H3. The predicted octanol–water partition coefficient (Wildman–Crippen LogP) is 3.80. The highest BCUT2D eigenvalue weighted by Gasteiger charge is 2.24. The molecule has 1 aromatic heterocycles. The zero-order chi connectivity index (χ0) is 14.7. The Morgan fingerprint density at radius 3 is 2.86 bits per heavy atom. The largest absolute Gasteiger partial charge is 0.353 e. The lowest BCUT2D eigenvalue weighted by molar-refractivity contribution is 0.431. The molecule has 1 unspecified atom stereocenters. The topological polar surface area (TPSA) is 28.2 Å². The number of rotatable bonds is 6. The van der Waals surface area contributed by atoms with E-state index in [1.54, 1.807) is 0 Å². The summed E-state index contributed by atoms with van der Waals surface area (Å²) in [7, 11) is 0. The lowest BCUT2D eigenvalue weighted by Gasteiger charge is -2.37. The molecule has 1 aliphatic heterocycles. The minimum absolute atomic E-state index is 0.699. The van der Waals surface area contributed by atoms with Crippen LogP contribution in [-0.2, 0) is 6.54 Å². The summed E-state index contributed by atoms with van der Waals surface area (Å²) in [5.41, 5.74) is 2.67. The van der Waals surface area contributed by atoms with Crippen LogP contribution in [0.1, 0.15) is 63.0 Å². The fourth-order valence-electron chi connectivity index (χ4n) is 3.49. The van der Waals surface area contributed by atoms with Crippen LogP contribution in [0.15, 0.2) is 12.3 Å². The quantitative estimate of drug-likeness (QED) is 0.862. The Balaban J connectivity index is 1.70. The monoisotopic (exact) mass is 287 g/mol. The van der Waals surface area contributed by atoms with Crippen LogP contribution in [0, 0.1) is 6.92 Å². The third-order valence-corrected chi connectivity index (χ3v) is 4.80. The first kappa shape index (κ1) is 14.8. The highest BCUT2D eigenvalue weighted by Crippen LogP contribution is 2.28. The number of nitrogens with one attached hydrogen (secondary N) is 1. The maximum absolute atomic E-state index is 4.82. The minimum Gasteiger partial charge on any atom is -0.353 e. The molecule has 2 fully saturated rings. The molecule has 2 heterocycles. The van der Waals surface area contributed by atoms with Crippen LogP contribution in [0.2, 0.25) is 0 Å². The number of aryl methyl sites for hydroxylation is 1. The molecule has 1 atom stereocenters. The smallest absolute Gasteiger partial charge is 0.131 e. The van der Waals surface area contributed by atoms with E-state index in [9.17, 15) is 0 Å². The van der Waals surface area contributed by atoms with Gasteiger partial charge in [0.2, 0.25) is 0 Å². The van der Waals surface area contributed by atoms with E-state index in [1.807, 2.05) is 0 Å². The van der Waals surface area contributed by atoms with Gasteiger partial charge in [0.05, 0.1) is 0 Å². The first-order valence-electron chi connectivity index (χ1n) is 8.73. The molecule has 1 N–H and O–H groups in total. The van der Waals surface area contributed by atoms with E-state index in [0.717, 1.165) is 12.6 Å². The zero-order valence-electron chi connectivity index (χ0n) is 13.6. The summed E-state index contributed by atoms with van der Waals surface area (Å²) in [6.45, 7) is 6.66. The van der Waals surface area contributed by atoms with Crippen LogP contribution in [0.5, 0.6) is 0 Å². The molecule has 1 saturated heterocycles. The molecule has 0 amide bonds. The van der Waals surface area contributed by atoms with E-state index in [2.05, 4.69) is 36.3 Å². The number of pyridine rings is 1. The van der Waals surface area contributed by atoms with Crippen molar-refractivity contribution < 1.29 is 0 Å². The van der Waals surface area contributed by atoms with Crippen molar-refractivity contribution in [3.63, 3.8) is 0 Å². The molecular weight excluding hydrogens is 258 g/mol. The van der Waals surface area contributed by atoms with Gasteiger partial charge in [0.25, 0.3) is 0 Å². The van der Waals surface area contributed by atoms with Crippen molar-refractivity contribution in [2.75, 3.05) is 11.4 Å². The fraction of sp³-hybridized carbons (Fsp3) is 0.722. The summed E-state index contributed by atoms with van der Waals surface area (Å²) < 4.78 is 0. The van der Waals surface area contributed by atoms with Crippen LogP contribution in [0.3, 0.4) is 0 Å². The summed E-state index contributed by atoms with van der Waals surface area (Å²) >= 11 is 0. The van der Waals surface area contributed by atoms with E-state index >= 15 is 0 Å². The molecule has 0 aromatic carbocycles. The second kappa shape index (κ2) is 6.78. The van der Waals surface area contributed by atoms with Crippen molar-refractivity contribution >= 4 is 5.82 Å². The Kier molecular flexibility index (Phi) is 4.79. The highest BCUT2D eigenvalue weighted by molar-refractivity contribution is 5.48. The van der Waals surface area contributed by atoms with Crippen molar-refractivity contribution in [1.82, 2.24) is 10.3 Å². The number of aromatic nitrogens is 1. The SMILES string of the molecule is CCCC1CCCCN1c1ncc(CNC2CC2)cc1C. The lowest BCUT2D eigenvalue weighted by atomic mass is 9.97. The summed E-state index contributed by atoms with van der Waals surface area (Å²) in [5, 5.41) is 3.57. The molecule has 0 spiro atoms. The Bertz CT molecular complexity index is 466. The second-order valence-electron chi connectivity index (χ2n) is 6.77. The summed E-state index contributed by atoms with van der Waals surface area (Å²) in [4.78, 5) is 7.39. The minimum atomic E-state index is 0.699. The molecule has 1 saturated carbocycles. The van der Waals surface area contributed by atoms with Crippen LogP contribution < -0.4 is 10.2 Å². The number of nitrogens with zero attached hydrogens (tertiary/aromatic N) is 2. The van der Waals surface area contributed by atoms with Crippen molar-refractivity contribution in [2.24, 2.45) is 0 Å². The van der Waals surface area contributed by atoms with Gasteiger partial charge in [-0.3, -0.25) is 0 Å². The zero-order valence-corrected chi connectivity index (χ0v) is 13.6. The van der Waals surface area contributed by atoms with Gasteiger partial charge in [-0.15, -0.1) is 0 Å². The van der Waals surface area contributed by atoms with Gasteiger partial charge in [-0.25, -0.2) is 4.98 Å². The van der Waals surface area contributed by atoms with Crippen molar-refractivity contribution in [1.29, 1.82) is 0 Å². The van der Waals surface area contributed by atoms with Gasteiger partial charge in [0.1, 0.15) is 5.82 Å². The lowest BCUT2D eigenvalue weighted by Crippen LogP contribution is -2.40. The maximum atomic E-state index is 4.82. The van der Waals surface area contributed by atoms with Gasteiger partial charge in [-0.2, -0.15) is 0 Å². The molecule has 21 heavy (non-hydrogen) atoms. The van der Waals surface area contributed by atoms with E-state index in [1.165, 1.54) is 68.4 Å². The molecule has 3 heteroatoms. The molecule has 0 radical (unpaired) electrons. The van der Waals surface area contributed by atoms with Crippen LogP contribution in [0.4, 0.5) is 5.82 Å². The number of anilines is 1. The Hall–Kier alpha value is -1.09. The van der Waals surface area contributed by atoms with Gasteiger partial charge >= 0.3 is 0 Å². The second-order valence-corrected chi connectivity index (χ2v) is 6.77. The van der Waals surface area contributed by atoms with Gasteiger partial charge in [0, 0.05) is 31.4 Å². The molecule has 2 aliphatic rings. The third kappa shape index (κ3) is 3.76. The van der Waals surface area contributed by atoms with E-state index in [0.29, 0.717) is 6.04 Å². The Morgan fingerprint density at radius 2 is 2.14 bits per heavy atom. The summed E-state index contributed by atoms with van der Waals surface area (Å²) in [5.74, 6) is 1.23. The van der Waals surface area contributed by atoms with Gasteiger partial charge in [-0.05, 0) is 62.6 Å². The third-order valence-electron chi connectivity index (χ3n) is 4.80. The average Bonchev–Trinajstić information content (AvgIpc) is 3.31. The van der Waals surface area contributed by atoms with E-state index in [-0.39, 0.29) is 0 Å². The van der Waals surface area contributed by atoms with Crippen LogP contribution >= 0.6 is 0 Å². The normalized spacial score (nSPS) is 22.6. The number of hydrogen-bond donors (Lipinski definition) is 1. The maximum Gasteiger partial charge on any atom is 0.131 e. The molecular formula is C18H29N3. The number of hydrogen-bond acceptors (Lipinski definition) is 3. The van der Waals surface area contributed by atoms with Gasteiger partial charge < -0.3 is 10.2 Å². The Morgan fingerprint density at radius 1 is 1.29 bits per heavy atom. The highest BCUT2D eigenvalue weighted by atomic mass is 15.2. The number of piperidine rings is 1. The van der Waals surface area contributed by atoms with Gasteiger partial charge in [-0.1, -0.05) is 13.3 Å². The summed E-state index contributed by atoms with van der Waals surface area (Å²) in [6, 6.07) is 3.79. The van der Waals surface area contributed by atoms with Crippen molar-refractivity contribution in [3.05, 3.63) is 23.4 Å². The fourth-order valence-corrected chi connectivity index (χ4v) is 3.49. The first-order chi connectivity index (χ1) is 10.3. The molecule has 3 rings (SSSR count). The molecule has 3 nitrogen and oxygen atoms in total. The first-order valence-corrected chi connectivity index (χ1v) is 8.73. The summed E-state index contributed by atoms with van der Waals surface area (Å²) in [6.07, 6.45) is 11.4. The van der Waals surface area contributed by atoms with Crippen LogP contribution in [0.25, 0.3) is 0 Å². The Labute approximate surface area is 129 Å². The van der Waals surface area contributed by atoms with Crippen molar-refractivity contribution in [3.8, 4) is 0 Å².